The van der Waals surface area contributed by atoms with Gasteiger partial charge in [-0.15, -0.1) is 0 Å². The Kier molecular flexibility index (Phi) is 6.51. The van der Waals surface area contributed by atoms with Gasteiger partial charge >= 0.3 is 0 Å². The average molecular weight is 368 g/mol. The standard InChI is InChI=1S/C20H24N4O3/c25-20(21-14-17-6-2-1-3-7-17)16-23-12-10-22(11-13-23)15-18-8-4-5-9-19(18)24(26)27/h1-9H,10-16H2,(H,21,25). The van der Waals surface area contributed by atoms with Crippen molar-refractivity contribution in [1.82, 2.24) is 15.1 Å². The van der Waals surface area contributed by atoms with Gasteiger partial charge in [-0.1, -0.05) is 48.5 Å². The molecule has 2 aromatic carbocycles. The Morgan fingerprint density at radius 3 is 2.30 bits per heavy atom. The van der Waals surface area contributed by atoms with E-state index in [0.29, 0.717) is 19.6 Å². The summed E-state index contributed by atoms with van der Waals surface area (Å²) in [6.45, 7) is 4.61. The number of carbonyl (C=O) groups excluding carboxylic acids is 1. The van der Waals surface area contributed by atoms with Gasteiger partial charge < -0.3 is 5.32 Å². The Morgan fingerprint density at radius 2 is 1.59 bits per heavy atom. The number of hydrogen-bond donors (Lipinski definition) is 1. The second kappa shape index (κ2) is 9.25. The number of nitrogens with one attached hydrogen (secondary N) is 1. The van der Waals surface area contributed by atoms with Crippen LogP contribution in [0.15, 0.2) is 54.6 Å². The lowest BCUT2D eigenvalue weighted by Crippen LogP contribution is -2.49. The van der Waals surface area contributed by atoms with E-state index in [0.717, 1.165) is 37.3 Å². The van der Waals surface area contributed by atoms with Crippen LogP contribution in [0.2, 0.25) is 0 Å². The third-order valence-corrected chi connectivity index (χ3v) is 4.75. The van der Waals surface area contributed by atoms with Gasteiger partial charge in [0.2, 0.25) is 5.91 Å². The van der Waals surface area contributed by atoms with Crippen molar-refractivity contribution < 1.29 is 9.72 Å². The summed E-state index contributed by atoms with van der Waals surface area (Å²) in [5.41, 5.74) is 1.98. The second-order valence-corrected chi connectivity index (χ2v) is 6.70. The van der Waals surface area contributed by atoms with Crippen LogP contribution in [0.4, 0.5) is 5.69 Å². The average Bonchev–Trinajstić information content (AvgIpc) is 2.69. The summed E-state index contributed by atoms with van der Waals surface area (Å²) in [5.74, 6) is 0.0194. The lowest BCUT2D eigenvalue weighted by Gasteiger charge is -2.34. The molecule has 1 saturated heterocycles. The second-order valence-electron chi connectivity index (χ2n) is 6.70. The van der Waals surface area contributed by atoms with Gasteiger partial charge in [0.25, 0.3) is 5.69 Å². The molecular weight excluding hydrogens is 344 g/mol. The summed E-state index contributed by atoms with van der Waals surface area (Å²) in [6, 6.07) is 16.7. The van der Waals surface area contributed by atoms with E-state index in [9.17, 15) is 14.9 Å². The van der Waals surface area contributed by atoms with Crippen LogP contribution in [-0.4, -0.2) is 53.4 Å². The summed E-state index contributed by atoms with van der Waals surface area (Å²) in [4.78, 5) is 27.3. The van der Waals surface area contributed by atoms with E-state index >= 15 is 0 Å². The van der Waals surface area contributed by atoms with Gasteiger partial charge in [0, 0.05) is 50.9 Å². The van der Waals surface area contributed by atoms with Crippen LogP contribution >= 0.6 is 0 Å². The maximum atomic E-state index is 12.1. The van der Waals surface area contributed by atoms with Crippen molar-refractivity contribution in [2.45, 2.75) is 13.1 Å². The number of hydrogen-bond acceptors (Lipinski definition) is 5. The van der Waals surface area contributed by atoms with Gasteiger partial charge in [-0.2, -0.15) is 0 Å². The molecule has 0 saturated carbocycles. The zero-order valence-electron chi connectivity index (χ0n) is 15.2. The molecule has 0 radical (unpaired) electrons. The molecule has 1 N–H and O–H groups in total. The molecule has 1 aliphatic rings. The summed E-state index contributed by atoms with van der Waals surface area (Å²) in [6.07, 6.45) is 0. The van der Waals surface area contributed by atoms with E-state index in [1.165, 1.54) is 0 Å². The van der Waals surface area contributed by atoms with Gasteiger partial charge in [0.05, 0.1) is 11.5 Å². The molecule has 7 heteroatoms. The highest BCUT2D eigenvalue weighted by atomic mass is 16.6. The molecule has 0 aromatic heterocycles. The van der Waals surface area contributed by atoms with Crippen LogP contribution in [0.3, 0.4) is 0 Å². The predicted molar refractivity (Wildman–Crippen MR) is 103 cm³/mol. The molecule has 3 rings (SSSR count). The number of piperazine rings is 1. The van der Waals surface area contributed by atoms with Gasteiger partial charge in [0.1, 0.15) is 0 Å². The van der Waals surface area contributed by atoms with E-state index in [1.54, 1.807) is 12.1 Å². The highest BCUT2D eigenvalue weighted by molar-refractivity contribution is 5.78. The molecule has 0 unspecified atom stereocenters. The fraction of sp³-hybridized carbons (Fsp3) is 0.350. The van der Waals surface area contributed by atoms with Crippen molar-refractivity contribution in [1.29, 1.82) is 0 Å². The summed E-state index contributed by atoms with van der Waals surface area (Å²) in [7, 11) is 0. The largest absolute Gasteiger partial charge is 0.351 e. The summed E-state index contributed by atoms with van der Waals surface area (Å²) in [5, 5.41) is 14.1. The minimum absolute atomic E-state index is 0.0194. The summed E-state index contributed by atoms with van der Waals surface area (Å²) < 4.78 is 0. The van der Waals surface area contributed by atoms with Crippen LogP contribution in [0.25, 0.3) is 0 Å². The van der Waals surface area contributed by atoms with Crippen molar-refractivity contribution in [3.8, 4) is 0 Å². The van der Waals surface area contributed by atoms with E-state index in [-0.39, 0.29) is 16.5 Å². The maximum Gasteiger partial charge on any atom is 0.273 e. The molecule has 1 amide bonds. The number of amides is 1. The topological polar surface area (TPSA) is 78.7 Å². The molecule has 0 aliphatic carbocycles. The molecule has 1 fully saturated rings. The van der Waals surface area contributed by atoms with Crippen molar-refractivity contribution in [2.24, 2.45) is 0 Å². The first-order valence-corrected chi connectivity index (χ1v) is 9.09. The molecule has 7 nitrogen and oxygen atoms in total. The normalized spacial score (nSPS) is 15.4. The van der Waals surface area contributed by atoms with Crippen LogP contribution in [0.5, 0.6) is 0 Å². The number of nitrogens with zero attached hydrogens (tertiary/aromatic N) is 3. The van der Waals surface area contributed by atoms with Crippen molar-refractivity contribution >= 4 is 11.6 Å². The van der Waals surface area contributed by atoms with Crippen LogP contribution in [-0.2, 0) is 17.9 Å². The Hall–Kier alpha value is -2.77. The SMILES string of the molecule is O=C(CN1CCN(Cc2ccccc2[N+](=O)[O-])CC1)NCc1ccccc1. The Bertz CT molecular complexity index is 774. The number of benzene rings is 2. The van der Waals surface area contributed by atoms with E-state index in [2.05, 4.69) is 15.1 Å². The minimum Gasteiger partial charge on any atom is -0.351 e. The Balaban J connectivity index is 1.42. The number of carbonyl (C=O) groups is 1. The summed E-state index contributed by atoms with van der Waals surface area (Å²) >= 11 is 0. The Morgan fingerprint density at radius 1 is 0.963 bits per heavy atom. The highest BCUT2D eigenvalue weighted by Crippen LogP contribution is 2.20. The number of nitro benzene ring substituents is 1. The molecule has 0 spiro atoms. The van der Waals surface area contributed by atoms with Gasteiger partial charge in [0.15, 0.2) is 0 Å². The van der Waals surface area contributed by atoms with E-state index in [1.807, 2.05) is 42.5 Å². The third-order valence-electron chi connectivity index (χ3n) is 4.75. The molecular formula is C20H24N4O3. The van der Waals surface area contributed by atoms with Crippen molar-refractivity contribution in [2.75, 3.05) is 32.7 Å². The predicted octanol–water partition coefficient (Wildman–Crippen LogP) is 2.03. The smallest absolute Gasteiger partial charge is 0.273 e. The Labute approximate surface area is 158 Å². The lowest BCUT2D eigenvalue weighted by atomic mass is 10.1. The lowest BCUT2D eigenvalue weighted by molar-refractivity contribution is -0.385. The monoisotopic (exact) mass is 368 g/mol. The molecule has 1 aliphatic heterocycles. The number of nitro groups is 1. The van der Waals surface area contributed by atoms with Crippen LogP contribution < -0.4 is 5.32 Å². The first kappa shape index (κ1) is 19.0. The van der Waals surface area contributed by atoms with E-state index in [4.69, 9.17) is 0 Å². The fourth-order valence-corrected chi connectivity index (χ4v) is 3.22. The van der Waals surface area contributed by atoms with Crippen molar-refractivity contribution in [3.63, 3.8) is 0 Å². The molecule has 27 heavy (non-hydrogen) atoms. The quantitative estimate of drug-likeness (QED) is 0.598. The van der Waals surface area contributed by atoms with E-state index < -0.39 is 0 Å². The zero-order chi connectivity index (χ0) is 19.1. The third kappa shape index (κ3) is 5.60. The van der Waals surface area contributed by atoms with Gasteiger partial charge in [-0.25, -0.2) is 0 Å². The molecule has 2 aromatic rings. The first-order chi connectivity index (χ1) is 13.1. The van der Waals surface area contributed by atoms with Crippen molar-refractivity contribution in [3.05, 3.63) is 75.8 Å². The maximum absolute atomic E-state index is 12.1. The fourth-order valence-electron chi connectivity index (χ4n) is 3.22. The number of rotatable bonds is 7. The minimum atomic E-state index is -0.331. The molecule has 142 valence electrons. The zero-order valence-corrected chi connectivity index (χ0v) is 15.2. The van der Waals surface area contributed by atoms with Gasteiger partial charge in [-0.3, -0.25) is 24.7 Å². The highest BCUT2D eigenvalue weighted by Gasteiger charge is 2.21. The molecule has 1 heterocycles. The number of para-hydroxylation sites is 1. The van der Waals surface area contributed by atoms with Gasteiger partial charge in [-0.05, 0) is 5.56 Å². The molecule has 0 bridgehead atoms. The van der Waals surface area contributed by atoms with Crippen LogP contribution in [0.1, 0.15) is 11.1 Å². The molecule has 0 atom stereocenters. The van der Waals surface area contributed by atoms with Crippen LogP contribution in [0, 0.1) is 10.1 Å². The first-order valence-electron chi connectivity index (χ1n) is 9.09.